The highest BCUT2D eigenvalue weighted by atomic mass is 31.1. The van der Waals surface area contributed by atoms with Crippen LogP contribution in [0.2, 0.25) is 0 Å². The van der Waals surface area contributed by atoms with Gasteiger partial charge in [-0.15, -0.1) is 0 Å². The molecule has 9 rings (SSSR count). The van der Waals surface area contributed by atoms with Gasteiger partial charge in [-0.2, -0.15) is 0 Å². The summed E-state index contributed by atoms with van der Waals surface area (Å²) in [5, 5.41) is 6.08. The van der Waals surface area contributed by atoms with Crippen molar-refractivity contribution in [1.29, 1.82) is 0 Å². The Morgan fingerprint density at radius 2 is 0.688 bits per heavy atom. The summed E-state index contributed by atoms with van der Waals surface area (Å²) in [5.41, 5.74) is 9.98. The minimum atomic E-state index is -2.25. The Morgan fingerprint density at radius 3 is 1.06 bits per heavy atom. The summed E-state index contributed by atoms with van der Waals surface area (Å²) in [5.74, 6) is 0. The average Bonchev–Trinajstić information content (AvgIpc) is 3.30. The SMILES string of the molecule is Op1oc2cc(-c3ccccc3)c3cc(-c4ccccc4)ccc3c2c2c(cc(-c3ccccc3)c3cc(-c4ccccc4)ccc32)o1. The summed E-state index contributed by atoms with van der Waals surface area (Å²) in [6.07, 6.45) is 0. The summed E-state index contributed by atoms with van der Waals surface area (Å²) in [4.78, 5) is 11.3. The molecule has 0 aliphatic heterocycles. The molecule has 1 aromatic heterocycles. The molecule has 0 saturated heterocycles. The molecule has 0 saturated carbocycles. The first-order valence-corrected chi connectivity index (χ1v) is 17.1. The molecule has 3 nitrogen and oxygen atoms in total. The molecular weight excluding hydrogens is 607 g/mol. The topological polar surface area (TPSA) is 46.5 Å². The van der Waals surface area contributed by atoms with Crippen molar-refractivity contribution in [1.82, 2.24) is 0 Å². The van der Waals surface area contributed by atoms with Crippen LogP contribution in [-0.2, 0) is 0 Å². The number of fused-ring (bicyclic) bond motifs is 7. The summed E-state index contributed by atoms with van der Waals surface area (Å²) < 4.78 is 12.6. The van der Waals surface area contributed by atoms with E-state index < -0.39 is 8.24 Å². The van der Waals surface area contributed by atoms with E-state index in [0.717, 1.165) is 76.8 Å². The van der Waals surface area contributed by atoms with Gasteiger partial charge in [-0.1, -0.05) is 146 Å². The predicted molar refractivity (Wildman–Crippen MR) is 201 cm³/mol. The van der Waals surface area contributed by atoms with E-state index in [4.69, 9.17) is 8.39 Å². The van der Waals surface area contributed by atoms with Crippen LogP contribution < -0.4 is 0 Å². The molecule has 0 atom stereocenters. The van der Waals surface area contributed by atoms with Crippen molar-refractivity contribution in [2.24, 2.45) is 0 Å². The van der Waals surface area contributed by atoms with Gasteiger partial charge >= 0.3 is 8.24 Å². The van der Waals surface area contributed by atoms with E-state index in [-0.39, 0.29) is 0 Å². The third-order valence-electron chi connectivity index (χ3n) is 9.19. The maximum absolute atomic E-state index is 11.3. The normalized spacial score (nSPS) is 11.4. The highest BCUT2D eigenvalue weighted by molar-refractivity contribution is 7.30. The zero-order chi connectivity index (χ0) is 32.0. The van der Waals surface area contributed by atoms with Crippen LogP contribution in [0, 0.1) is 0 Å². The Hall–Kier alpha value is -5.86. The van der Waals surface area contributed by atoms with E-state index in [0.29, 0.717) is 11.2 Å². The highest BCUT2D eigenvalue weighted by Gasteiger charge is 2.19. The molecule has 0 radical (unpaired) electrons. The summed E-state index contributed by atoms with van der Waals surface area (Å²) >= 11 is 0. The molecule has 0 unspecified atom stereocenters. The first kappa shape index (κ1) is 28.4. The number of benzene rings is 8. The Morgan fingerprint density at radius 1 is 0.333 bits per heavy atom. The van der Waals surface area contributed by atoms with Crippen LogP contribution >= 0.6 is 8.24 Å². The molecular formula is C44H29O3P. The number of hydrogen-bond acceptors (Lipinski definition) is 3. The van der Waals surface area contributed by atoms with Crippen LogP contribution in [0.4, 0.5) is 0 Å². The molecule has 0 fully saturated rings. The van der Waals surface area contributed by atoms with Gasteiger partial charge in [-0.05, 0) is 90.3 Å². The van der Waals surface area contributed by atoms with Crippen LogP contribution in [0.25, 0.3) is 88.0 Å². The monoisotopic (exact) mass is 636 g/mol. The molecule has 228 valence electrons. The van der Waals surface area contributed by atoms with Gasteiger partial charge in [0.2, 0.25) is 0 Å². The second-order valence-corrected chi connectivity index (χ2v) is 12.8. The number of rotatable bonds is 4. The van der Waals surface area contributed by atoms with E-state index in [9.17, 15) is 4.89 Å². The molecule has 4 heteroatoms. The lowest BCUT2D eigenvalue weighted by Gasteiger charge is -2.14. The molecule has 0 bridgehead atoms. The van der Waals surface area contributed by atoms with Crippen LogP contribution in [-0.4, -0.2) is 4.89 Å². The third kappa shape index (κ3) is 4.89. The van der Waals surface area contributed by atoms with Crippen LogP contribution in [0.5, 0.6) is 0 Å². The zero-order valence-corrected chi connectivity index (χ0v) is 26.8. The maximum Gasteiger partial charge on any atom is 0.384 e. The Labute approximate surface area is 278 Å². The fourth-order valence-electron chi connectivity index (χ4n) is 6.98. The molecule has 0 aliphatic carbocycles. The highest BCUT2D eigenvalue weighted by Crippen LogP contribution is 2.46. The van der Waals surface area contributed by atoms with E-state index in [1.807, 2.05) is 24.3 Å². The van der Waals surface area contributed by atoms with Crippen molar-refractivity contribution in [2.75, 3.05) is 0 Å². The lowest BCUT2D eigenvalue weighted by molar-refractivity contribution is 0.495. The smallest absolute Gasteiger partial charge is 0.384 e. The second kappa shape index (κ2) is 11.7. The standard InChI is InChI=1S/C44H29O3P/c45-48-46-41-27-37(31-17-9-3-10-18-31)39-25-33(29-13-5-1-6-14-29)21-23-35(39)43(41)44-36-24-22-34(30-15-7-2-8-16-30)26-40(36)38(28-42(44)47-48)32-19-11-4-12-20-32/h1-28,45H. The van der Waals surface area contributed by atoms with E-state index in [1.165, 1.54) is 0 Å². The first-order valence-electron chi connectivity index (χ1n) is 16.0. The fourth-order valence-corrected chi connectivity index (χ4v) is 7.64. The van der Waals surface area contributed by atoms with Gasteiger partial charge in [0.1, 0.15) is 11.2 Å². The first-order chi connectivity index (χ1) is 23.7. The zero-order valence-electron chi connectivity index (χ0n) is 25.9. The molecule has 0 amide bonds. The minimum Gasteiger partial charge on any atom is -0.399 e. The Balaban J connectivity index is 1.47. The fraction of sp³-hybridized carbons (Fsp3) is 0. The van der Waals surface area contributed by atoms with Crippen LogP contribution in [0.3, 0.4) is 0 Å². The van der Waals surface area contributed by atoms with Gasteiger partial charge in [-0.25, -0.2) is 0 Å². The van der Waals surface area contributed by atoms with Gasteiger partial charge in [0.05, 0.1) is 0 Å². The van der Waals surface area contributed by atoms with Gasteiger partial charge in [0.15, 0.2) is 0 Å². The minimum absolute atomic E-state index is 0.599. The van der Waals surface area contributed by atoms with Crippen molar-refractivity contribution in [3.05, 3.63) is 170 Å². The molecule has 1 N–H and O–H groups in total. The third-order valence-corrected chi connectivity index (χ3v) is 9.89. The summed E-state index contributed by atoms with van der Waals surface area (Å²) in [7, 11) is -2.25. The molecule has 48 heavy (non-hydrogen) atoms. The van der Waals surface area contributed by atoms with Crippen LogP contribution in [0.15, 0.2) is 178 Å². The van der Waals surface area contributed by atoms with Crippen molar-refractivity contribution in [3.63, 3.8) is 0 Å². The van der Waals surface area contributed by atoms with Gasteiger partial charge < -0.3 is 8.39 Å². The molecule has 8 aromatic carbocycles. The second-order valence-electron chi connectivity index (χ2n) is 12.0. The maximum atomic E-state index is 11.3. The van der Waals surface area contributed by atoms with Gasteiger partial charge in [0, 0.05) is 10.8 Å². The predicted octanol–water partition coefficient (Wildman–Crippen LogP) is 13.0. The van der Waals surface area contributed by atoms with E-state index in [1.54, 1.807) is 0 Å². The summed E-state index contributed by atoms with van der Waals surface area (Å²) in [6, 6.07) is 59.1. The summed E-state index contributed by atoms with van der Waals surface area (Å²) in [6.45, 7) is 0. The average molecular weight is 637 g/mol. The molecule has 0 spiro atoms. The largest absolute Gasteiger partial charge is 0.399 e. The van der Waals surface area contributed by atoms with Crippen molar-refractivity contribution >= 4 is 51.7 Å². The van der Waals surface area contributed by atoms with Crippen molar-refractivity contribution in [2.45, 2.75) is 0 Å². The van der Waals surface area contributed by atoms with E-state index in [2.05, 4.69) is 146 Å². The Bertz CT molecular complexity index is 2460. The van der Waals surface area contributed by atoms with Crippen molar-refractivity contribution in [3.8, 4) is 44.5 Å². The molecule has 1 heterocycles. The van der Waals surface area contributed by atoms with Crippen LogP contribution in [0.1, 0.15) is 0 Å². The lowest BCUT2D eigenvalue weighted by Crippen LogP contribution is -1.89. The van der Waals surface area contributed by atoms with Gasteiger partial charge in [0.25, 0.3) is 0 Å². The lowest BCUT2D eigenvalue weighted by atomic mass is 9.89. The quantitative estimate of drug-likeness (QED) is 0.209. The van der Waals surface area contributed by atoms with Gasteiger partial charge in [-0.3, -0.25) is 4.89 Å². The molecule has 9 aromatic rings. The Kier molecular flexibility index (Phi) is 6.94. The van der Waals surface area contributed by atoms with Crippen molar-refractivity contribution < 1.29 is 13.3 Å². The molecule has 0 aliphatic rings. The van der Waals surface area contributed by atoms with E-state index >= 15 is 0 Å². The number of hydrogen-bond donors (Lipinski definition) is 1.